The quantitative estimate of drug-likeness (QED) is 0.555. The molecule has 4 rings (SSSR count). The lowest BCUT2D eigenvalue weighted by molar-refractivity contribution is 0.0378. The maximum atomic E-state index is 13.2. The average molecular weight is 440 g/mol. The van der Waals surface area contributed by atoms with Gasteiger partial charge in [-0.15, -0.1) is 16.4 Å². The maximum absolute atomic E-state index is 13.2. The second kappa shape index (κ2) is 8.19. The lowest BCUT2D eigenvalue weighted by Gasteiger charge is -2.33. The molecule has 6 nitrogen and oxygen atoms in total. The minimum absolute atomic E-state index is 0.0833. The number of carbonyl (C=O) groups excluding carboxylic acids is 1. The minimum atomic E-state index is -0.349. The van der Waals surface area contributed by atoms with Gasteiger partial charge in [-0.1, -0.05) is 38.1 Å². The Labute approximate surface area is 186 Å². The second-order valence-corrected chi connectivity index (χ2v) is 10.8. The zero-order valence-corrected chi connectivity index (χ0v) is 19.6. The van der Waals surface area contributed by atoms with Crippen molar-refractivity contribution in [2.75, 3.05) is 0 Å². The number of esters is 1. The maximum Gasteiger partial charge on any atom is 0.338 e. The van der Waals surface area contributed by atoms with Crippen LogP contribution in [0.1, 0.15) is 67.4 Å². The fourth-order valence-corrected chi connectivity index (χ4v) is 5.41. The molecule has 0 radical (unpaired) electrons. The van der Waals surface area contributed by atoms with Gasteiger partial charge in [0, 0.05) is 4.88 Å². The first-order valence-corrected chi connectivity index (χ1v) is 11.6. The van der Waals surface area contributed by atoms with Gasteiger partial charge in [0.1, 0.15) is 0 Å². The van der Waals surface area contributed by atoms with E-state index in [0.29, 0.717) is 18.0 Å². The van der Waals surface area contributed by atoms with Gasteiger partial charge in [-0.05, 0) is 67.7 Å². The third-order valence-corrected chi connectivity index (χ3v) is 7.17. The van der Waals surface area contributed by atoms with E-state index in [2.05, 4.69) is 31.1 Å². The summed E-state index contributed by atoms with van der Waals surface area (Å²) in [4.78, 5) is 27.3. The number of fused-ring (bicyclic) bond motifs is 3. The molecular weight excluding hydrogens is 410 g/mol. The van der Waals surface area contributed by atoms with E-state index in [-0.39, 0.29) is 23.0 Å². The van der Waals surface area contributed by atoms with Crippen LogP contribution in [0.3, 0.4) is 0 Å². The van der Waals surface area contributed by atoms with Crippen LogP contribution in [0.4, 0.5) is 0 Å². The molecule has 0 N–H and O–H groups in total. The van der Waals surface area contributed by atoms with E-state index in [1.54, 1.807) is 23.5 Å². The van der Waals surface area contributed by atoms with Crippen LogP contribution >= 0.6 is 11.3 Å². The van der Waals surface area contributed by atoms with Crippen LogP contribution in [-0.2, 0) is 24.1 Å². The number of thiophene rings is 1. The standard InChI is InChI=1S/C24H29N3O3S/c1-14(2)30-23(29)16-8-6-15(7-9-16)13-27-22(28)20-18-11-10-17(24(3,4)5)12-19(18)31-21(20)25-26-27/h6-9,14,17H,10-13H2,1-5H3/t17-/m0/s1. The number of ether oxygens (including phenoxy) is 1. The van der Waals surface area contributed by atoms with Crippen molar-refractivity contribution < 1.29 is 9.53 Å². The van der Waals surface area contributed by atoms with Crippen molar-refractivity contribution in [1.82, 2.24) is 15.0 Å². The Balaban J connectivity index is 1.59. The largest absolute Gasteiger partial charge is 0.459 e. The van der Waals surface area contributed by atoms with Gasteiger partial charge in [-0.2, -0.15) is 0 Å². The van der Waals surface area contributed by atoms with Gasteiger partial charge in [0.2, 0.25) is 0 Å². The lowest BCUT2D eigenvalue weighted by atomic mass is 9.72. The van der Waals surface area contributed by atoms with E-state index in [4.69, 9.17) is 4.74 Å². The van der Waals surface area contributed by atoms with Gasteiger partial charge in [0.15, 0.2) is 4.83 Å². The summed E-state index contributed by atoms with van der Waals surface area (Å²) in [5, 5.41) is 9.28. The predicted octanol–water partition coefficient (Wildman–Crippen LogP) is 4.62. The Kier molecular flexibility index (Phi) is 5.73. The molecule has 0 spiro atoms. The number of hydrogen-bond donors (Lipinski definition) is 0. The summed E-state index contributed by atoms with van der Waals surface area (Å²) in [7, 11) is 0. The Morgan fingerprint density at radius 2 is 1.97 bits per heavy atom. The summed E-state index contributed by atoms with van der Waals surface area (Å²) >= 11 is 1.62. The molecule has 1 atom stereocenters. The molecule has 0 unspecified atom stereocenters. The molecule has 7 heteroatoms. The van der Waals surface area contributed by atoms with Crippen LogP contribution in [-0.4, -0.2) is 27.1 Å². The van der Waals surface area contributed by atoms with Crippen molar-refractivity contribution >= 4 is 27.5 Å². The van der Waals surface area contributed by atoms with Crippen LogP contribution in [0.5, 0.6) is 0 Å². The van der Waals surface area contributed by atoms with Crippen LogP contribution in [0.15, 0.2) is 29.1 Å². The number of rotatable bonds is 4. The molecule has 0 fully saturated rings. The van der Waals surface area contributed by atoms with E-state index in [0.717, 1.165) is 35.0 Å². The summed E-state index contributed by atoms with van der Waals surface area (Å²) < 4.78 is 6.64. The number of carbonyl (C=O) groups is 1. The normalized spacial score (nSPS) is 16.5. The van der Waals surface area contributed by atoms with Gasteiger partial charge in [0.25, 0.3) is 5.56 Å². The highest BCUT2D eigenvalue weighted by Gasteiger charge is 2.31. The Morgan fingerprint density at radius 1 is 1.26 bits per heavy atom. The number of aromatic nitrogens is 3. The molecule has 0 bridgehead atoms. The molecule has 0 amide bonds. The topological polar surface area (TPSA) is 74.1 Å². The average Bonchev–Trinajstić information content (AvgIpc) is 3.08. The Bertz CT molecular complexity index is 1170. The molecule has 0 saturated heterocycles. The van der Waals surface area contributed by atoms with E-state index >= 15 is 0 Å². The third kappa shape index (κ3) is 4.42. The van der Waals surface area contributed by atoms with Gasteiger partial charge in [-0.25, -0.2) is 9.48 Å². The van der Waals surface area contributed by atoms with Gasteiger partial charge in [0.05, 0.1) is 23.6 Å². The van der Waals surface area contributed by atoms with E-state index in [9.17, 15) is 9.59 Å². The van der Waals surface area contributed by atoms with Crippen molar-refractivity contribution in [2.24, 2.45) is 11.3 Å². The molecule has 2 heterocycles. The van der Waals surface area contributed by atoms with Crippen molar-refractivity contribution in [2.45, 2.75) is 66.5 Å². The third-order valence-electron chi connectivity index (χ3n) is 6.03. The minimum Gasteiger partial charge on any atom is -0.459 e. The second-order valence-electron chi connectivity index (χ2n) is 9.69. The van der Waals surface area contributed by atoms with Crippen molar-refractivity contribution in [3.8, 4) is 0 Å². The van der Waals surface area contributed by atoms with Crippen LogP contribution in [0.25, 0.3) is 10.2 Å². The number of hydrogen-bond acceptors (Lipinski definition) is 6. The number of nitrogens with zero attached hydrogens (tertiary/aromatic N) is 3. The van der Waals surface area contributed by atoms with Gasteiger partial charge < -0.3 is 4.74 Å². The van der Waals surface area contributed by atoms with E-state index in [1.807, 2.05) is 26.0 Å². The molecule has 0 aliphatic heterocycles. The Hall–Kier alpha value is -2.54. The molecule has 31 heavy (non-hydrogen) atoms. The highest BCUT2D eigenvalue weighted by molar-refractivity contribution is 7.18. The Morgan fingerprint density at radius 3 is 2.61 bits per heavy atom. The molecule has 164 valence electrons. The summed E-state index contributed by atoms with van der Waals surface area (Å²) in [5.74, 6) is 0.266. The molecule has 3 aromatic rings. The predicted molar refractivity (Wildman–Crippen MR) is 123 cm³/mol. The highest BCUT2D eigenvalue weighted by atomic mass is 32.1. The van der Waals surface area contributed by atoms with Crippen molar-refractivity contribution in [3.05, 3.63) is 56.2 Å². The monoisotopic (exact) mass is 439 g/mol. The van der Waals surface area contributed by atoms with Crippen LogP contribution in [0, 0.1) is 11.3 Å². The van der Waals surface area contributed by atoms with Crippen molar-refractivity contribution in [3.63, 3.8) is 0 Å². The molecule has 0 saturated carbocycles. The first kappa shape index (κ1) is 21.7. The SMILES string of the molecule is CC(C)OC(=O)c1ccc(Cn2nnc3sc4c(c3c2=O)CC[C@H](C(C)(C)C)C4)cc1. The molecule has 1 aliphatic rings. The molecule has 2 aromatic heterocycles. The number of benzene rings is 1. The summed E-state index contributed by atoms with van der Waals surface area (Å²) in [5.41, 5.74) is 2.72. The first-order valence-electron chi connectivity index (χ1n) is 10.8. The lowest BCUT2D eigenvalue weighted by Crippen LogP contribution is -2.28. The molecular formula is C24H29N3O3S. The van der Waals surface area contributed by atoms with Gasteiger partial charge >= 0.3 is 5.97 Å². The fraction of sp³-hybridized carbons (Fsp3) is 0.500. The van der Waals surface area contributed by atoms with E-state index in [1.165, 1.54) is 15.1 Å². The smallest absolute Gasteiger partial charge is 0.338 e. The zero-order chi connectivity index (χ0) is 22.3. The van der Waals surface area contributed by atoms with Gasteiger partial charge in [-0.3, -0.25) is 4.79 Å². The van der Waals surface area contributed by atoms with Crippen molar-refractivity contribution in [1.29, 1.82) is 0 Å². The number of aryl methyl sites for hydroxylation is 1. The summed E-state index contributed by atoms with van der Waals surface area (Å²) in [6.45, 7) is 10.8. The highest BCUT2D eigenvalue weighted by Crippen LogP contribution is 2.41. The summed E-state index contributed by atoms with van der Waals surface area (Å²) in [6.07, 6.45) is 2.86. The van der Waals surface area contributed by atoms with Crippen LogP contribution < -0.4 is 5.56 Å². The molecule has 1 aliphatic carbocycles. The first-order chi connectivity index (χ1) is 14.6. The van der Waals surface area contributed by atoms with E-state index < -0.39 is 0 Å². The van der Waals surface area contributed by atoms with Crippen LogP contribution in [0.2, 0.25) is 0 Å². The zero-order valence-electron chi connectivity index (χ0n) is 18.8. The molecule has 1 aromatic carbocycles. The summed E-state index contributed by atoms with van der Waals surface area (Å²) in [6, 6.07) is 7.09. The fourth-order valence-electron chi connectivity index (χ4n) is 4.17.